The van der Waals surface area contributed by atoms with Gasteiger partial charge in [0.15, 0.2) is 17.5 Å². The molecule has 0 aromatic carbocycles. The zero-order valence-electron chi connectivity index (χ0n) is 10.1. The number of ether oxygens (including phenoxy) is 1. The van der Waals surface area contributed by atoms with Gasteiger partial charge in [-0.15, -0.1) is 0 Å². The minimum Gasteiger partial charge on any atom is -0.452 e. The van der Waals surface area contributed by atoms with Gasteiger partial charge in [-0.3, -0.25) is 5.10 Å². The molecular formula is C11H17N3O3. The van der Waals surface area contributed by atoms with E-state index in [9.17, 15) is 9.90 Å². The third-order valence-electron chi connectivity index (χ3n) is 3.07. The quantitative estimate of drug-likeness (QED) is 0.769. The van der Waals surface area contributed by atoms with Gasteiger partial charge >= 0.3 is 5.97 Å². The lowest BCUT2D eigenvalue weighted by molar-refractivity contribution is -0.170. The van der Waals surface area contributed by atoms with Crippen molar-refractivity contribution in [2.45, 2.75) is 51.2 Å². The number of aliphatic hydroxyl groups is 1. The highest BCUT2D eigenvalue weighted by Gasteiger charge is 2.41. The zero-order chi connectivity index (χ0) is 12.5. The summed E-state index contributed by atoms with van der Waals surface area (Å²) in [6.45, 7) is 3.47. The first-order valence-corrected chi connectivity index (χ1v) is 5.84. The van der Waals surface area contributed by atoms with Gasteiger partial charge in [0.25, 0.3) is 0 Å². The number of hydrogen-bond acceptors (Lipinski definition) is 5. The Morgan fingerprint density at radius 1 is 1.53 bits per heavy atom. The molecule has 17 heavy (non-hydrogen) atoms. The Balaban J connectivity index is 1.99. The monoisotopic (exact) mass is 239 g/mol. The average Bonchev–Trinajstić information content (AvgIpc) is 2.88. The van der Waals surface area contributed by atoms with Crippen molar-refractivity contribution in [1.29, 1.82) is 0 Å². The van der Waals surface area contributed by atoms with E-state index in [0.717, 1.165) is 12.8 Å². The van der Waals surface area contributed by atoms with Crippen molar-refractivity contribution in [3.8, 4) is 0 Å². The van der Waals surface area contributed by atoms with Crippen LogP contribution in [0.25, 0.3) is 0 Å². The van der Waals surface area contributed by atoms with Crippen LogP contribution < -0.4 is 0 Å². The minimum absolute atomic E-state index is 0.428. The Kier molecular flexibility index (Phi) is 3.15. The fourth-order valence-corrected chi connectivity index (χ4v) is 2.03. The minimum atomic E-state index is -1.31. The smallest absolute Gasteiger partial charge is 0.338 e. The highest BCUT2D eigenvalue weighted by atomic mass is 16.6. The van der Waals surface area contributed by atoms with Gasteiger partial charge in [-0.25, -0.2) is 9.78 Å². The molecule has 1 fully saturated rings. The van der Waals surface area contributed by atoms with Gasteiger partial charge in [-0.05, 0) is 39.5 Å². The maximum absolute atomic E-state index is 11.8. The molecule has 2 N–H and O–H groups in total. The van der Waals surface area contributed by atoms with Crippen molar-refractivity contribution in [2.75, 3.05) is 0 Å². The van der Waals surface area contributed by atoms with Crippen LogP contribution in [0.3, 0.4) is 0 Å². The Labute approximate surface area is 99.4 Å². The van der Waals surface area contributed by atoms with Crippen LogP contribution in [0, 0.1) is 6.92 Å². The largest absolute Gasteiger partial charge is 0.452 e. The molecule has 6 heteroatoms. The maximum atomic E-state index is 11.8. The molecule has 0 spiro atoms. The van der Waals surface area contributed by atoms with Crippen molar-refractivity contribution in [3.63, 3.8) is 0 Å². The summed E-state index contributed by atoms with van der Waals surface area (Å²) in [6.07, 6.45) is 2.13. The summed E-state index contributed by atoms with van der Waals surface area (Å²) in [5.74, 6) is 0.532. The number of aromatic nitrogens is 3. The number of aryl methyl sites for hydroxylation is 1. The molecule has 0 saturated heterocycles. The summed E-state index contributed by atoms with van der Waals surface area (Å²) in [4.78, 5) is 15.9. The second-order valence-corrected chi connectivity index (χ2v) is 4.57. The number of hydrogen-bond donors (Lipinski definition) is 2. The standard InChI is InChI=1S/C11H17N3O3/c1-7(9-12-8(2)13-14-9)17-10(15)11(16)5-3-4-6-11/h7,16H,3-6H2,1-2H3,(H,12,13,14). The molecule has 1 heterocycles. The van der Waals surface area contributed by atoms with E-state index in [0.29, 0.717) is 24.5 Å². The fourth-order valence-electron chi connectivity index (χ4n) is 2.03. The summed E-state index contributed by atoms with van der Waals surface area (Å²) < 4.78 is 5.20. The molecule has 1 aromatic heterocycles. The van der Waals surface area contributed by atoms with Crippen LogP contribution in [-0.2, 0) is 9.53 Å². The van der Waals surface area contributed by atoms with Crippen molar-refractivity contribution >= 4 is 5.97 Å². The fraction of sp³-hybridized carbons (Fsp3) is 0.727. The highest BCUT2D eigenvalue weighted by Crippen LogP contribution is 2.31. The van der Waals surface area contributed by atoms with E-state index in [1.807, 2.05) is 0 Å². The lowest BCUT2D eigenvalue weighted by atomic mass is 10.0. The molecular weight excluding hydrogens is 222 g/mol. The lowest BCUT2D eigenvalue weighted by Crippen LogP contribution is -2.37. The van der Waals surface area contributed by atoms with Gasteiger partial charge < -0.3 is 9.84 Å². The SMILES string of the molecule is Cc1nc(C(C)OC(=O)C2(O)CCCC2)n[nH]1. The Morgan fingerprint density at radius 2 is 2.18 bits per heavy atom. The number of aromatic amines is 1. The van der Waals surface area contributed by atoms with E-state index >= 15 is 0 Å². The van der Waals surface area contributed by atoms with Crippen LogP contribution in [-0.4, -0.2) is 31.9 Å². The predicted molar refractivity (Wildman–Crippen MR) is 59.0 cm³/mol. The van der Waals surface area contributed by atoms with Crippen LogP contribution in [0.4, 0.5) is 0 Å². The molecule has 1 atom stereocenters. The number of nitrogens with zero attached hydrogens (tertiary/aromatic N) is 2. The molecule has 94 valence electrons. The first kappa shape index (κ1) is 12.0. The Morgan fingerprint density at radius 3 is 2.71 bits per heavy atom. The van der Waals surface area contributed by atoms with Gasteiger partial charge in [0.1, 0.15) is 5.82 Å². The van der Waals surface area contributed by atoms with Crippen molar-refractivity contribution in [3.05, 3.63) is 11.6 Å². The molecule has 0 radical (unpaired) electrons. The number of H-pyrrole nitrogens is 1. The summed E-state index contributed by atoms with van der Waals surface area (Å²) in [5.41, 5.74) is -1.31. The molecule has 0 amide bonds. The van der Waals surface area contributed by atoms with Crippen molar-refractivity contribution in [1.82, 2.24) is 15.2 Å². The van der Waals surface area contributed by atoms with Gasteiger partial charge in [0.05, 0.1) is 0 Å². The first-order chi connectivity index (χ1) is 8.01. The van der Waals surface area contributed by atoms with E-state index in [1.165, 1.54) is 0 Å². The summed E-state index contributed by atoms with van der Waals surface area (Å²) in [5, 5.41) is 16.6. The molecule has 1 aliphatic carbocycles. The van der Waals surface area contributed by atoms with E-state index in [-0.39, 0.29) is 0 Å². The molecule has 2 rings (SSSR count). The van der Waals surface area contributed by atoms with Gasteiger partial charge in [0, 0.05) is 0 Å². The number of carbonyl (C=O) groups is 1. The van der Waals surface area contributed by atoms with Crippen LogP contribution >= 0.6 is 0 Å². The van der Waals surface area contributed by atoms with Crippen LogP contribution in [0.2, 0.25) is 0 Å². The summed E-state index contributed by atoms with van der Waals surface area (Å²) >= 11 is 0. The first-order valence-electron chi connectivity index (χ1n) is 5.84. The Bertz CT molecular complexity index is 410. The summed E-state index contributed by atoms with van der Waals surface area (Å²) in [6, 6.07) is 0. The Hall–Kier alpha value is -1.43. The van der Waals surface area contributed by atoms with Gasteiger partial charge in [-0.1, -0.05) is 0 Å². The van der Waals surface area contributed by atoms with Crippen molar-refractivity contribution in [2.24, 2.45) is 0 Å². The molecule has 1 saturated carbocycles. The van der Waals surface area contributed by atoms with E-state index in [4.69, 9.17) is 4.74 Å². The predicted octanol–water partition coefficient (Wildman–Crippen LogP) is 1.02. The second-order valence-electron chi connectivity index (χ2n) is 4.57. The van der Waals surface area contributed by atoms with Crippen LogP contribution in [0.15, 0.2) is 0 Å². The summed E-state index contributed by atoms with van der Waals surface area (Å²) in [7, 11) is 0. The topological polar surface area (TPSA) is 88.1 Å². The molecule has 0 bridgehead atoms. The number of rotatable bonds is 3. The van der Waals surface area contributed by atoms with E-state index in [1.54, 1.807) is 13.8 Å². The zero-order valence-corrected chi connectivity index (χ0v) is 10.1. The highest BCUT2D eigenvalue weighted by molar-refractivity contribution is 5.79. The lowest BCUT2D eigenvalue weighted by Gasteiger charge is -2.21. The molecule has 1 aliphatic rings. The third-order valence-corrected chi connectivity index (χ3v) is 3.07. The number of esters is 1. The van der Waals surface area contributed by atoms with Crippen LogP contribution in [0.1, 0.15) is 50.4 Å². The van der Waals surface area contributed by atoms with E-state index < -0.39 is 17.7 Å². The molecule has 1 unspecified atom stereocenters. The van der Waals surface area contributed by atoms with E-state index in [2.05, 4.69) is 15.2 Å². The normalized spacial score (nSPS) is 20.2. The van der Waals surface area contributed by atoms with Crippen LogP contribution in [0.5, 0.6) is 0 Å². The number of carbonyl (C=O) groups excluding carboxylic acids is 1. The van der Waals surface area contributed by atoms with Crippen molar-refractivity contribution < 1.29 is 14.6 Å². The molecule has 0 aliphatic heterocycles. The number of nitrogens with one attached hydrogen (secondary N) is 1. The molecule has 1 aromatic rings. The molecule has 6 nitrogen and oxygen atoms in total. The maximum Gasteiger partial charge on any atom is 0.338 e. The van der Waals surface area contributed by atoms with Gasteiger partial charge in [-0.2, -0.15) is 5.10 Å². The second kappa shape index (κ2) is 4.44. The average molecular weight is 239 g/mol. The third kappa shape index (κ3) is 2.46. The van der Waals surface area contributed by atoms with Gasteiger partial charge in [0.2, 0.25) is 0 Å².